The summed E-state index contributed by atoms with van der Waals surface area (Å²) in [6.45, 7) is 9.74. The van der Waals surface area contributed by atoms with Crippen molar-refractivity contribution in [3.8, 4) is 0 Å². The van der Waals surface area contributed by atoms with Crippen LogP contribution >= 0.6 is 11.9 Å². The first kappa shape index (κ1) is 13.7. The van der Waals surface area contributed by atoms with Crippen LogP contribution in [0.2, 0.25) is 0 Å². The summed E-state index contributed by atoms with van der Waals surface area (Å²) in [4.78, 5) is 0. The van der Waals surface area contributed by atoms with Gasteiger partial charge in [0.15, 0.2) is 0 Å². The van der Waals surface area contributed by atoms with Crippen molar-refractivity contribution in [2.24, 2.45) is 0 Å². The average Bonchev–Trinajstić information content (AvgIpc) is 2.25. The number of piperidine rings is 1. The molecule has 1 saturated heterocycles. The van der Waals surface area contributed by atoms with Gasteiger partial charge in [0.25, 0.3) is 0 Å². The first-order chi connectivity index (χ1) is 7.92. The largest absolute Gasteiger partial charge is 0.239 e. The van der Waals surface area contributed by atoms with Gasteiger partial charge >= 0.3 is 0 Å². The first-order valence-corrected chi connectivity index (χ1v) is 8.23. The fourth-order valence-electron chi connectivity index (χ4n) is 3.58. The summed E-state index contributed by atoms with van der Waals surface area (Å²) < 4.78 is 2.75. The Morgan fingerprint density at radius 2 is 1.35 bits per heavy atom. The van der Waals surface area contributed by atoms with Crippen molar-refractivity contribution >= 4 is 11.9 Å². The average molecular weight is 255 g/mol. The van der Waals surface area contributed by atoms with Crippen molar-refractivity contribution in [1.29, 1.82) is 0 Å². The Balaban J connectivity index is 2.03. The highest BCUT2D eigenvalue weighted by atomic mass is 32.2. The number of hydrogen-bond donors (Lipinski definition) is 0. The molecule has 2 fully saturated rings. The zero-order valence-corrected chi connectivity index (χ0v) is 12.9. The zero-order chi connectivity index (χ0) is 12.5. The molecular formula is C15H29NS. The van der Waals surface area contributed by atoms with Crippen molar-refractivity contribution in [2.45, 2.75) is 95.4 Å². The minimum absolute atomic E-state index is 0.379. The van der Waals surface area contributed by atoms with Crippen molar-refractivity contribution in [3.63, 3.8) is 0 Å². The molecule has 2 rings (SSSR count). The lowest BCUT2D eigenvalue weighted by Crippen LogP contribution is -2.55. The third-order valence-corrected chi connectivity index (χ3v) is 6.45. The highest BCUT2D eigenvalue weighted by Crippen LogP contribution is 2.46. The van der Waals surface area contributed by atoms with Gasteiger partial charge in [0, 0.05) is 16.3 Å². The van der Waals surface area contributed by atoms with Gasteiger partial charge in [-0.25, -0.2) is 4.31 Å². The van der Waals surface area contributed by atoms with Gasteiger partial charge in [0.05, 0.1) is 0 Å². The lowest BCUT2D eigenvalue weighted by Gasteiger charge is -2.53. The first-order valence-electron chi connectivity index (χ1n) is 7.39. The number of hydrogen-bond acceptors (Lipinski definition) is 2. The third kappa shape index (κ3) is 3.20. The fourth-order valence-corrected chi connectivity index (χ4v) is 5.18. The van der Waals surface area contributed by atoms with Gasteiger partial charge in [-0.2, -0.15) is 0 Å². The van der Waals surface area contributed by atoms with Gasteiger partial charge in [-0.1, -0.05) is 31.2 Å². The van der Waals surface area contributed by atoms with E-state index in [4.69, 9.17) is 0 Å². The lowest BCUT2D eigenvalue weighted by molar-refractivity contribution is 0.0666. The Labute approximate surface area is 112 Å². The van der Waals surface area contributed by atoms with Crippen LogP contribution < -0.4 is 0 Å². The minimum Gasteiger partial charge on any atom is -0.239 e. The Morgan fingerprint density at radius 3 is 1.88 bits per heavy atom. The van der Waals surface area contributed by atoms with Crippen molar-refractivity contribution in [2.75, 3.05) is 0 Å². The molecule has 1 aliphatic heterocycles. The van der Waals surface area contributed by atoms with E-state index in [9.17, 15) is 0 Å². The predicted molar refractivity (Wildman–Crippen MR) is 78.3 cm³/mol. The molecule has 100 valence electrons. The van der Waals surface area contributed by atoms with E-state index in [1.54, 1.807) is 0 Å². The Kier molecular flexibility index (Phi) is 4.14. The van der Waals surface area contributed by atoms with E-state index >= 15 is 0 Å². The maximum Gasteiger partial charge on any atom is 0.0263 e. The van der Waals surface area contributed by atoms with Gasteiger partial charge in [0.2, 0.25) is 0 Å². The highest BCUT2D eigenvalue weighted by Gasteiger charge is 2.42. The lowest BCUT2D eigenvalue weighted by atomic mass is 9.83. The predicted octanol–water partition coefficient (Wildman–Crippen LogP) is 5.01. The van der Waals surface area contributed by atoms with Gasteiger partial charge in [0.1, 0.15) is 0 Å². The standard InChI is InChI=1S/C15H29NS/c1-14(2)11-8-12-15(3,4)16(14)17-13-9-6-5-7-10-13/h13H,5-12H2,1-4H3. The second-order valence-corrected chi connectivity index (χ2v) is 8.38. The van der Waals surface area contributed by atoms with Crippen LogP contribution in [0.25, 0.3) is 0 Å². The van der Waals surface area contributed by atoms with Gasteiger partial charge in [-0.3, -0.25) is 0 Å². The smallest absolute Gasteiger partial charge is 0.0263 e. The highest BCUT2D eigenvalue weighted by molar-refractivity contribution is 7.97. The number of rotatable bonds is 2. The molecule has 0 bridgehead atoms. The topological polar surface area (TPSA) is 3.24 Å². The quantitative estimate of drug-likeness (QED) is 0.638. The Bertz CT molecular complexity index is 238. The molecule has 0 atom stereocenters. The van der Waals surface area contributed by atoms with E-state index in [2.05, 4.69) is 43.9 Å². The maximum absolute atomic E-state index is 2.75. The van der Waals surface area contributed by atoms with Crippen LogP contribution in [0.1, 0.15) is 79.1 Å². The van der Waals surface area contributed by atoms with Gasteiger partial charge < -0.3 is 0 Å². The Hall–Kier alpha value is 0.310. The van der Waals surface area contributed by atoms with E-state index in [-0.39, 0.29) is 0 Å². The van der Waals surface area contributed by atoms with Crippen LogP contribution in [0.3, 0.4) is 0 Å². The molecule has 1 aliphatic carbocycles. The van der Waals surface area contributed by atoms with Crippen LogP contribution in [0.15, 0.2) is 0 Å². The summed E-state index contributed by atoms with van der Waals surface area (Å²) in [5.41, 5.74) is 0.758. The molecule has 1 saturated carbocycles. The molecule has 0 unspecified atom stereocenters. The molecular weight excluding hydrogens is 226 g/mol. The fraction of sp³-hybridized carbons (Fsp3) is 1.00. The van der Waals surface area contributed by atoms with E-state index in [1.807, 2.05) is 0 Å². The molecule has 17 heavy (non-hydrogen) atoms. The molecule has 1 heterocycles. The second kappa shape index (κ2) is 5.13. The summed E-state index contributed by atoms with van der Waals surface area (Å²) in [6.07, 6.45) is 11.3. The summed E-state index contributed by atoms with van der Waals surface area (Å²) in [5.74, 6) is 0. The molecule has 2 aliphatic rings. The van der Waals surface area contributed by atoms with Crippen LogP contribution in [0.4, 0.5) is 0 Å². The van der Waals surface area contributed by atoms with Crippen molar-refractivity contribution in [3.05, 3.63) is 0 Å². The van der Waals surface area contributed by atoms with Crippen molar-refractivity contribution < 1.29 is 0 Å². The zero-order valence-electron chi connectivity index (χ0n) is 12.1. The maximum atomic E-state index is 2.75. The molecule has 0 spiro atoms. The van der Waals surface area contributed by atoms with Gasteiger partial charge in [-0.05, 0) is 59.8 Å². The van der Waals surface area contributed by atoms with E-state index < -0.39 is 0 Å². The molecule has 0 aromatic rings. The molecule has 2 heteroatoms. The second-order valence-electron chi connectivity index (χ2n) is 7.14. The van der Waals surface area contributed by atoms with Crippen molar-refractivity contribution in [1.82, 2.24) is 4.31 Å². The normalized spacial score (nSPS) is 30.4. The van der Waals surface area contributed by atoms with E-state index in [0.29, 0.717) is 11.1 Å². The molecule has 0 aromatic carbocycles. The molecule has 0 radical (unpaired) electrons. The van der Waals surface area contributed by atoms with Gasteiger partial charge in [-0.15, -0.1) is 0 Å². The number of nitrogens with zero attached hydrogens (tertiary/aromatic N) is 1. The SMILES string of the molecule is CC1(C)CCCC(C)(C)N1SC1CCCCC1. The molecule has 0 aromatic heterocycles. The van der Waals surface area contributed by atoms with Crippen LogP contribution in [-0.2, 0) is 0 Å². The van der Waals surface area contributed by atoms with Crippen LogP contribution in [-0.4, -0.2) is 20.6 Å². The Morgan fingerprint density at radius 1 is 0.824 bits per heavy atom. The summed E-state index contributed by atoms with van der Waals surface area (Å²) in [5, 5.41) is 0.889. The summed E-state index contributed by atoms with van der Waals surface area (Å²) >= 11 is 2.19. The molecule has 0 amide bonds. The van der Waals surface area contributed by atoms with E-state index in [0.717, 1.165) is 5.25 Å². The molecule has 1 nitrogen and oxygen atoms in total. The molecule has 0 N–H and O–H groups in total. The van der Waals surface area contributed by atoms with Crippen LogP contribution in [0.5, 0.6) is 0 Å². The summed E-state index contributed by atoms with van der Waals surface area (Å²) in [7, 11) is 0. The van der Waals surface area contributed by atoms with Crippen LogP contribution in [0, 0.1) is 0 Å². The monoisotopic (exact) mass is 255 g/mol. The third-order valence-electron chi connectivity index (χ3n) is 4.48. The van der Waals surface area contributed by atoms with E-state index in [1.165, 1.54) is 51.4 Å². The summed E-state index contributed by atoms with van der Waals surface area (Å²) in [6, 6.07) is 0. The minimum atomic E-state index is 0.379.